The number of hydrogen-bond donors (Lipinski definition) is 1. The van der Waals surface area contributed by atoms with Gasteiger partial charge in [0, 0.05) is 12.8 Å². The first-order valence-electron chi connectivity index (χ1n) is 14.2. The van der Waals surface area contributed by atoms with Crippen molar-refractivity contribution in [3.05, 3.63) is 12.2 Å². The number of carbonyl (C=O) groups excluding carboxylic acids is 1. The molecule has 1 amide bonds. The zero-order valence-electron chi connectivity index (χ0n) is 22.7. The molecule has 3 nitrogen and oxygen atoms in total. The van der Waals surface area contributed by atoms with E-state index in [4.69, 9.17) is 0 Å². The molecule has 0 rings (SSSR count). The normalized spacial score (nSPS) is 13.0. The van der Waals surface area contributed by atoms with Crippen molar-refractivity contribution < 1.29 is 9.28 Å². The van der Waals surface area contributed by atoms with E-state index in [1.165, 1.54) is 103 Å². The van der Waals surface area contributed by atoms with Gasteiger partial charge in [-0.1, -0.05) is 103 Å². The van der Waals surface area contributed by atoms with Gasteiger partial charge in [0.1, 0.15) is 0 Å². The second-order valence-electron chi connectivity index (χ2n) is 10.3. The standard InChI is InChI=1S/C29H58N2O/c1-6-9-10-11-12-13-14-15-16-17-18-19-20-21-22-23-24-25-26-27-29(32)30-28(7-2)31(4,5)8-3/h15-16,28H,6-14,17-27H2,1-5H3/p+1/b16-15-. The Bertz CT molecular complexity index is 444. The van der Waals surface area contributed by atoms with Gasteiger partial charge in [-0.2, -0.15) is 0 Å². The van der Waals surface area contributed by atoms with E-state index in [1.807, 2.05) is 0 Å². The molecule has 0 bridgehead atoms. The molecule has 0 aliphatic heterocycles. The largest absolute Gasteiger partial charge is 0.309 e. The Morgan fingerprint density at radius 1 is 0.688 bits per heavy atom. The molecule has 0 saturated carbocycles. The predicted molar refractivity (Wildman–Crippen MR) is 143 cm³/mol. The lowest BCUT2D eigenvalue weighted by atomic mass is 10.1. The van der Waals surface area contributed by atoms with Crippen molar-refractivity contribution in [2.45, 2.75) is 149 Å². The summed E-state index contributed by atoms with van der Waals surface area (Å²) >= 11 is 0. The molecule has 0 aromatic rings. The maximum atomic E-state index is 12.2. The molecule has 0 saturated heterocycles. The van der Waals surface area contributed by atoms with E-state index in [9.17, 15) is 4.79 Å². The molecule has 0 spiro atoms. The molecule has 190 valence electrons. The van der Waals surface area contributed by atoms with E-state index in [0.29, 0.717) is 6.42 Å². The van der Waals surface area contributed by atoms with Gasteiger partial charge in [0.05, 0.1) is 20.6 Å². The van der Waals surface area contributed by atoms with Crippen molar-refractivity contribution in [1.82, 2.24) is 5.32 Å². The van der Waals surface area contributed by atoms with Crippen molar-refractivity contribution in [2.75, 3.05) is 20.6 Å². The maximum absolute atomic E-state index is 12.2. The molecule has 1 atom stereocenters. The molecule has 0 aliphatic rings. The highest BCUT2D eigenvalue weighted by Crippen LogP contribution is 2.13. The monoisotopic (exact) mass is 451 g/mol. The third kappa shape index (κ3) is 18.7. The van der Waals surface area contributed by atoms with Crippen LogP contribution in [-0.4, -0.2) is 37.2 Å². The molecular weight excluding hydrogens is 392 g/mol. The summed E-state index contributed by atoms with van der Waals surface area (Å²) in [6, 6.07) is 0. The fourth-order valence-electron chi connectivity index (χ4n) is 4.31. The predicted octanol–water partition coefficient (Wildman–Crippen LogP) is 8.53. The lowest BCUT2D eigenvalue weighted by Gasteiger charge is -2.36. The number of rotatable bonds is 23. The van der Waals surface area contributed by atoms with Gasteiger partial charge in [-0.3, -0.25) is 4.79 Å². The minimum atomic E-state index is 0.234. The van der Waals surface area contributed by atoms with Crippen LogP contribution in [0.2, 0.25) is 0 Å². The average Bonchev–Trinajstić information content (AvgIpc) is 2.78. The zero-order chi connectivity index (χ0) is 23.9. The topological polar surface area (TPSA) is 29.1 Å². The van der Waals surface area contributed by atoms with Crippen LogP contribution < -0.4 is 5.32 Å². The summed E-state index contributed by atoms with van der Waals surface area (Å²) in [6.45, 7) is 7.66. The smallest absolute Gasteiger partial charge is 0.224 e. The summed E-state index contributed by atoms with van der Waals surface area (Å²) < 4.78 is 0.859. The summed E-state index contributed by atoms with van der Waals surface area (Å²) in [6.07, 6.45) is 29.4. The highest BCUT2D eigenvalue weighted by molar-refractivity contribution is 5.75. The Morgan fingerprint density at radius 3 is 1.56 bits per heavy atom. The lowest BCUT2D eigenvalue weighted by Crippen LogP contribution is -2.57. The van der Waals surface area contributed by atoms with Crippen LogP contribution in [0.4, 0.5) is 0 Å². The molecule has 1 N–H and O–H groups in total. The first-order chi connectivity index (χ1) is 15.5. The van der Waals surface area contributed by atoms with Gasteiger partial charge in [-0.05, 0) is 39.0 Å². The number of nitrogens with zero attached hydrogens (tertiary/aromatic N) is 1. The highest BCUT2D eigenvalue weighted by Gasteiger charge is 2.25. The van der Waals surface area contributed by atoms with E-state index in [1.54, 1.807) is 0 Å². The van der Waals surface area contributed by atoms with Crippen LogP contribution in [0.15, 0.2) is 12.2 Å². The molecule has 0 fully saturated rings. The molecule has 0 radical (unpaired) electrons. The molecule has 0 aromatic carbocycles. The van der Waals surface area contributed by atoms with Crippen LogP contribution in [0.3, 0.4) is 0 Å². The van der Waals surface area contributed by atoms with Crippen LogP contribution in [-0.2, 0) is 4.79 Å². The highest BCUT2D eigenvalue weighted by atomic mass is 16.1. The van der Waals surface area contributed by atoms with Crippen LogP contribution in [0, 0.1) is 0 Å². The number of allylic oxidation sites excluding steroid dienone is 2. The lowest BCUT2D eigenvalue weighted by molar-refractivity contribution is -0.915. The van der Waals surface area contributed by atoms with Crippen molar-refractivity contribution in [3.8, 4) is 0 Å². The summed E-state index contributed by atoms with van der Waals surface area (Å²) in [4.78, 5) is 12.2. The van der Waals surface area contributed by atoms with E-state index in [-0.39, 0.29) is 12.1 Å². The van der Waals surface area contributed by atoms with Gasteiger partial charge < -0.3 is 9.80 Å². The summed E-state index contributed by atoms with van der Waals surface area (Å²) in [7, 11) is 4.39. The molecule has 0 aromatic heterocycles. The summed E-state index contributed by atoms with van der Waals surface area (Å²) in [5.74, 6) is 0.234. The number of amides is 1. The van der Waals surface area contributed by atoms with Gasteiger partial charge in [0.25, 0.3) is 0 Å². The summed E-state index contributed by atoms with van der Waals surface area (Å²) in [5.41, 5.74) is 0. The van der Waals surface area contributed by atoms with E-state index in [0.717, 1.165) is 23.9 Å². The van der Waals surface area contributed by atoms with Gasteiger partial charge in [0.2, 0.25) is 5.91 Å². The van der Waals surface area contributed by atoms with Gasteiger partial charge in [-0.15, -0.1) is 0 Å². The van der Waals surface area contributed by atoms with E-state index < -0.39 is 0 Å². The van der Waals surface area contributed by atoms with Crippen LogP contribution in [0.1, 0.15) is 143 Å². The molecule has 0 heterocycles. The van der Waals surface area contributed by atoms with Crippen molar-refractivity contribution in [3.63, 3.8) is 0 Å². The molecule has 0 aliphatic carbocycles. The maximum Gasteiger partial charge on any atom is 0.224 e. The van der Waals surface area contributed by atoms with E-state index in [2.05, 4.69) is 52.3 Å². The number of unbranched alkanes of at least 4 members (excludes halogenated alkanes) is 15. The van der Waals surface area contributed by atoms with Gasteiger partial charge in [0.15, 0.2) is 6.17 Å². The number of quaternary nitrogens is 1. The molecule has 1 unspecified atom stereocenters. The fourth-order valence-corrected chi connectivity index (χ4v) is 4.31. The SMILES string of the molecule is CCCCCCCC/C=C\CCCCCCCCCCCC(=O)NC(CC)[N+](C)(C)CC. The molecular formula is C29H59N2O+. The summed E-state index contributed by atoms with van der Waals surface area (Å²) in [5, 5.41) is 3.25. The third-order valence-electron chi connectivity index (χ3n) is 7.04. The minimum absolute atomic E-state index is 0.234. The van der Waals surface area contributed by atoms with Crippen LogP contribution in [0.25, 0.3) is 0 Å². The van der Waals surface area contributed by atoms with Crippen LogP contribution >= 0.6 is 0 Å². The van der Waals surface area contributed by atoms with Crippen molar-refractivity contribution in [2.24, 2.45) is 0 Å². The Kier molecular flexibility index (Phi) is 21.4. The number of carbonyl (C=O) groups is 1. The van der Waals surface area contributed by atoms with Gasteiger partial charge >= 0.3 is 0 Å². The van der Waals surface area contributed by atoms with Crippen molar-refractivity contribution in [1.29, 1.82) is 0 Å². The minimum Gasteiger partial charge on any atom is -0.309 e. The third-order valence-corrected chi connectivity index (χ3v) is 7.04. The second-order valence-corrected chi connectivity index (χ2v) is 10.3. The Hall–Kier alpha value is -0.830. The first kappa shape index (κ1) is 31.2. The van der Waals surface area contributed by atoms with E-state index >= 15 is 0 Å². The quantitative estimate of drug-likeness (QED) is 0.0717. The van der Waals surface area contributed by atoms with Crippen molar-refractivity contribution >= 4 is 5.91 Å². The number of nitrogens with one attached hydrogen (secondary N) is 1. The molecule has 3 heteroatoms. The average molecular weight is 452 g/mol. The zero-order valence-corrected chi connectivity index (χ0v) is 22.7. The Balaban J connectivity index is 3.40. The fraction of sp³-hybridized carbons (Fsp3) is 0.897. The Morgan fingerprint density at radius 2 is 1.12 bits per heavy atom. The first-order valence-corrected chi connectivity index (χ1v) is 14.2. The second kappa shape index (κ2) is 22.0. The van der Waals surface area contributed by atoms with Crippen LogP contribution in [0.5, 0.6) is 0 Å². The Labute approximate surface area is 202 Å². The number of hydrogen-bond acceptors (Lipinski definition) is 1. The van der Waals surface area contributed by atoms with Gasteiger partial charge in [-0.25, -0.2) is 0 Å². The molecule has 32 heavy (non-hydrogen) atoms.